The number of amides is 1. The molecule has 0 aliphatic carbocycles. The first kappa shape index (κ1) is 19.2. The minimum absolute atomic E-state index is 0.0355. The van der Waals surface area contributed by atoms with Crippen LogP contribution in [0.25, 0.3) is 0 Å². The molecular weight excluding hydrogens is 355 g/mol. The zero-order valence-electron chi connectivity index (χ0n) is 13.5. The highest BCUT2D eigenvalue weighted by Crippen LogP contribution is 2.19. The molecule has 0 spiro atoms. The lowest BCUT2D eigenvalue weighted by molar-refractivity contribution is -0.117. The fourth-order valence-electron chi connectivity index (χ4n) is 2.34. The number of hydrogen-bond acceptors (Lipinski definition) is 3. The Bertz CT molecular complexity index is 758. The average Bonchev–Trinajstić information content (AvgIpc) is 2.56. The molecule has 0 saturated carbocycles. The van der Waals surface area contributed by atoms with Crippen molar-refractivity contribution in [2.24, 2.45) is 0 Å². The number of halogens is 4. The first-order valence-corrected chi connectivity index (χ1v) is 8.04. The average molecular weight is 372 g/mol. The van der Waals surface area contributed by atoms with Crippen molar-refractivity contribution in [3.63, 3.8) is 0 Å². The highest BCUT2D eigenvalue weighted by atomic mass is 35.5. The molecule has 1 amide bonds. The molecule has 0 radical (unpaired) electrons. The van der Waals surface area contributed by atoms with Crippen LogP contribution in [0.1, 0.15) is 18.9 Å². The lowest BCUT2D eigenvalue weighted by atomic mass is 10.2. The molecule has 8 heteroatoms. The Hall–Kier alpha value is -2.12. The Labute approximate surface area is 148 Å². The van der Waals surface area contributed by atoms with Gasteiger partial charge in [-0.3, -0.25) is 9.69 Å². The van der Waals surface area contributed by atoms with Gasteiger partial charge in [-0.1, -0.05) is 18.5 Å². The molecule has 0 unspecified atom stereocenters. The molecular formula is C17H17ClF3N3O. The zero-order valence-corrected chi connectivity index (χ0v) is 14.3. The highest BCUT2D eigenvalue weighted by molar-refractivity contribution is 6.29. The third-order valence-electron chi connectivity index (χ3n) is 3.41. The minimum Gasteiger partial charge on any atom is -0.322 e. The Kier molecular flexibility index (Phi) is 6.78. The lowest BCUT2D eigenvalue weighted by Gasteiger charge is -2.21. The smallest absolute Gasteiger partial charge is 0.238 e. The van der Waals surface area contributed by atoms with Gasteiger partial charge in [0.25, 0.3) is 0 Å². The summed E-state index contributed by atoms with van der Waals surface area (Å²) in [5.74, 6) is -4.87. The SMILES string of the molecule is CCCN(CC(=O)Nc1ccc(F)c(F)c1F)Cc1ccnc(Cl)c1. The van der Waals surface area contributed by atoms with Crippen LogP contribution < -0.4 is 5.32 Å². The third-order valence-corrected chi connectivity index (χ3v) is 3.62. The van der Waals surface area contributed by atoms with E-state index >= 15 is 0 Å². The summed E-state index contributed by atoms with van der Waals surface area (Å²) in [6.07, 6.45) is 2.37. The number of carbonyl (C=O) groups excluding carboxylic acids is 1. The van der Waals surface area contributed by atoms with Gasteiger partial charge in [0.1, 0.15) is 5.15 Å². The molecule has 0 fully saturated rings. The Balaban J connectivity index is 2.04. The molecule has 0 aliphatic rings. The van der Waals surface area contributed by atoms with Gasteiger partial charge in [0.15, 0.2) is 17.5 Å². The van der Waals surface area contributed by atoms with Gasteiger partial charge >= 0.3 is 0 Å². The van der Waals surface area contributed by atoms with Crippen LogP contribution in [0.3, 0.4) is 0 Å². The van der Waals surface area contributed by atoms with Crippen molar-refractivity contribution in [3.8, 4) is 0 Å². The summed E-state index contributed by atoms with van der Waals surface area (Å²) in [4.78, 5) is 17.9. The second-order valence-corrected chi connectivity index (χ2v) is 5.86. The molecule has 1 N–H and O–H groups in total. The highest BCUT2D eigenvalue weighted by Gasteiger charge is 2.17. The number of hydrogen-bond donors (Lipinski definition) is 1. The molecule has 0 saturated heterocycles. The van der Waals surface area contributed by atoms with Gasteiger partial charge in [0.05, 0.1) is 12.2 Å². The summed E-state index contributed by atoms with van der Waals surface area (Å²) in [5, 5.41) is 2.61. The second kappa shape index (κ2) is 8.82. The summed E-state index contributed by atoms with van der Waals surface area (Å²) in [5.41, 5.74) is 0.479. The first-order valence-electron chi connectivity index (χ1n) is 7.66. The van der Waals surface area contributed by atoms with Crippen molar-refractivity contribution in [1.82, 2.24) is 9.88 Å². The number of aromatic nitrogens is 1. The molecule has 0 bridgehead atoms. The van der Waals surface area contributed by atoms with Crippen molar-refractivity contribution < 1.29 is 18.0 Å². The molecule has 0 aliphatic heterocycles. The maximum Gasteiger partial charge on any atom is 0.238 e. The molecule has 1 aromatic carbocycles. The number of nitrogens with zero attached hydrogens (tertiary/aromatic N) is 2. The van der Waals surface area contributed by atoms with E-state index in [-0.39, 0.29) is 6.54 Å². The van der Waals surface area contributed by atoms with E-state index in [2.05, 4.69) is 10.3 Å². The number of rotatable bonds is 7. The van der Waals surface area contributed by atoms with Crippen LogP contribution in [-0.4, -0.2) is 28.9 Å². The number of carbonyl (C=O) groups is 1. The fourth-order valence-corrected chi connectivity index (χ4v) is 2.54. The van der Waals surface area contributed by atoms with Crippen LogP contribution >= 0.6 is 11.6 Å². The van der Waals surface area contributed by atoms with E-state index < -0.39 is 29.0 Å². The van der Waals surface area contributed by atoms with Gasteiger partial charge in [0.2, 0.25) is 5.91 Å². The summed E-state index contributed by atoms with van der Waals surface area (Å²) < 4.78 is 39.8. The summed E-state index contributed by atoms with van der Waals surface area (Å²) in [7, 11) is 0. The van der Waals surface area contributed by atoms with Crippen LogP contribution in [-0.2, 0) is 11.3 Å². The van der Waals surface area contributed by atoms with Crippen molar-refractivity contribution in [2.45, 2.75) is 19.9 Å². The van der Waals surface area contributed by atoms with Crippen LogP contribution in [0, 0.1) is 17.5 Å². The normalized spacial score (nSPS) is 11.0. The molecule has 2 rings (SSSR count). The van der Waals surface area contributed by atoms with Crippen LogP contribution in [0.5, 0.6) is 0 Å². The monoisotopic (exact) mass is 371 g/mol. The van der Waals surface area contributed by atoms with Crippen molar-refractivity contribution in [2.75, 3.05) is 18.4 Å². The summed E-state index contributed by atoms with van der Waals surface area (Å²) in [6, 6.07) is 5.22. The van der Waals surface area contributed by atoms with Crippen LogP contribution in [0.4, 0.5) is 18.9 Å². The van der Waals surface area contributed by atoms with E-state index in [9.17, 15) is 18.0 Å². The van der Waals surface area contributed by atoms with Crippen LogP contribution in [0.15, 0.2) is 30.5 Å². The zero-order chi connectivity index (χ0) is 18.4. The summed E-state index contributed by atoms with van der Waals surface area (Å²) >= 11 is 5.85. The molecule has 134 valence electrons. The summed E-state index contributed by atoms with van der Waals surface area (Å²) in [6.45, 7) is 2.99. The quantitative estimate of drug-likeness (QED) is 0.591. The Morgan fingerprint density at radius 1 is 1.24 bits per heavy atom. The van der Waals surface area contributed by atoms with Gasteiger partial charge in [0, 0.05) is 12.7 Å². The maximum atomic E-state index is 13.6. The number of anilines is 1. The van der Waals surface area contributed by atoms with E-state index in [1.54, 1.807) is 18.3 Å². The van der Waals surface area contributed by atoms with E-state index in [0.717, 1.165) is 24.1 Å². The number of pyridine rings is 1. The van der Waals surface area contributed by atoms with Crippen molar-refractivity contribution >= 4 is 23.2 Å². The van der Waals surface area contributed by atoms with Crippen LogP contribution in [0.2, 0.25) is 5.15 Å². The largest absolute Gasteiger partial charge is 0.322 e. The molecule has 1 heterocycles. The van der Waals surface area contributed by atoms with Crippen molar-refractivity contribution in [3.05, 3.63) is 58.6 Å². The fraction of sp³-hybridized carbons (Fsp3) is 0.294. The standard InChI is InChI=1S/C17H17ClF3N3O/c1-2-7-24(9-11-5-6-22-14(18)8-11)10-15(25)23-13-4-3-12(19)16(20)17(13)21/h3-6,8H,2,7,9-10H2,1H3,(H,23,25). The Morgan fingerprint density at radius 3 is 2.68 bits per heavy atom. The lowest BCUT2D eigenvalue weighted by Crippen LogP contribution is -2.33. The third kappa shape index (κ3) is 5.44. The van der Waals surface area contributed by atoms with E-state index in [4.69, 9.17) is 11.6 Å². The van der Waals surface area contributed by atoms with E-state index in [1.165, 1.54) is 0 Å². The number of nitrogens with one attached hydrogen (secondary N) is 1. The van der Waals surface area contributed by atoms with E-state index in [0.29, 0.717) is 18.2 Å². The predicted molar refractivity (Wildman–Crippen MR) is 89.8 cm³/mol. The van der Waals surface area contributed by atoms with Gasteiger partial charge < -0.3 is 5.32 Å². The maximum absolute atomic E-state index is 13.6. The molecule has 4 nitrogen and oxygen atoms in total. The number of benzene rings is 1. The molecule has 25 heavy (non-hydrogen) atoms. The second-order valence-electron chi connectivity index (χ2n) is 5.47. The molecule has 1 aromatic heterocycles. The first-order chi connectivity index (χ1) is 11.9. The van der Waals surface area contributed by atoms with Crippen molar-refractivity contribution in [1.29, 1.82) is 0 Å². The Morgan fingerprint density at radius 2 is 2.00 bits per heavy atom. The van der Waals surface area contributed by atoms with Gasteiger partial charge in [-0.05, 0) is 42.8 Å². The minimum atomic E-state index is -1.62. The van der Waals surface area contributed by atoms with Gasteiger partial charge in [-0.25, -0.2) is 18.2 Å². The van der Waals surface area contributed by atoms with Gasteiger partial charge in [-0.15, -0.1) is 0 Å². The van der Waals surface area contributed by atoms with E-state index in [1.807, 2.05) is 11.8 Å². The molecule has 0 atom stereocenters. The topological polar surface area (TPSA) is 45.2 Å². The molecule has 2 aromatic rings. The predicted octanol–water partition coefficient (Wildman–Crippen LogP) is 4.00. The van der Waals surface area contributed by atoms with Gasteiger partial charge in [-0.2, -0.15) is 0 Å².